The number of nitrogens with zero attached hydrogens (tertiary/aromatic N) is 3. The van der Waals surface area contributed by atoms with Crippen LogP contribution in [0.3, 0.4) is 0 Å². The summed E-state index contributed by atoms with van der Waals surface area (Å²) in [5.74, 6) is 1.31. The van der Waals surface area contributed by atoms with E-state index in [1.165, 1.54) is 44.5 Å². The molecule has 6 heteroatoms. The number of imidazole rings is 1. The summed E-state index contributed by atoms with van der Waals surface area (Å²) in [7, 11) is 0. The van der Waals surface area contributed by atoms with Crippen LogP contribution >= 0.6 is 0 Å². The zero-order valence-corrected chi connectivity index (χ0v) is 45.1. The summed E-state index contributed by atoms with van der Waals surface area (Å²) in [5.41, 5.74) is 17.2. The second-order valence-electron chi connectivity index (χ2n) is 21.7. The SMILES string of the molecule is CC(C)(C)c1c[c-]c(-c2ccc(C(C)(C)C)cn2)cc1.CC(C)c1cc(-c2ccccc2)cc(C(C)C)c1-n1c(-c2[c-]ccc3c2oc2cc4c(cc23)oc2ccccc24)nc2ccc3ccccc3c21.[Ir]. The molecule has 12 aromatic rings. The van der Waals surface area contributed by atoms with E-state index in [0.717, 1.165) is 82.9 Å². The third-order valence-electron chi connectivity index (χ3n) is 14.0. The van der Waals surface area contributed by atoms with E-state index in [1.807, 2.05) is 30.5 Å². The topological polar surface area (TPSA) is 57.0 Å². The normalized spacial score (nSPS) is 12.2. The van der Waals surface area contributed by atoms with Crippen molar-refractivity contribution < 1.29 is 28.9 Å². The molecule has 0 atom stereocenters. The Morgan fingerprint density at radius 2 is 1.18 bits per heavy atom. The van der Waals surface area contributed by atoms with Gasteiger partial charge in [-0.2, -0.15) is 0 Å². The number of hydrogen-bond acceptors (Lipinski definition) is 4. The van der Waals surface area contributed by atoms with Crippen LogP contribution in [0.15, 0.2) is 173 Å². The minimum Gasteiger partial charge on any atom is -0.501 e. The molecule has 8 aromatic carbocycles. The Morgan fingerprint density at radius 1 is 0.542 bits per heavy atom. The van der Waals surface area contributed by atoms with E-state index >= 15 is 0 Å². The Labute approximate surface area is 436 Å². The zero-order valence-electron chi connectivity index (χ0n) is 42.7. The molecule has 1 radical (unpaired) electrons. The molecule has 0 saturated heterocycles. The van der Waals surface area contributed by atoms with Crippen LogP contribution in [-0.2, 0) is 30.9 Å². The molecule has 72 heavy (non-hydrogen) atoms. The molecular formula is C66H59IrN3O2-2. The van der Waals surface area contributed by atoms with Gasteiger partial charge in [0.05, 0.1) is 22.4 Å². The van der Waals surface area contributed by atoms with E-state index in [1.54, 1.807) is 0 Å². The van der Waals surface area contributed by atoms with Crippen molar-refractivity contribution in [1.82, 2.24) is 14.5 Å². The van der Waals surface area contributed by atoms with Gasteiger partial charge < -0.3 is 18.4 Å². The smallest absolute Gasteiger partial charge is 0.136 e. The van der Waals surface area contributed by atoms with E-state index in [4.69, 9.17) is 13.8 Å². The van der Waals surface area contributed by atoms with Gasteiger partial charge in [0, 0.05) is 53.5 Å². The zero-order chi connectivity index (χ0) is 49.3. The van der Waals surface area contributed by atoms with Gasteiger partial charge in [0.25, 0.3) is 0 Å². The summed E-state index contributed by atoms with van der Waals surface area (Å²) in [6.07, 6.45) is 1.97. The van der Waals surface area contributed by atoms with E-state index in [-0.39, 0.29) is 42.8 Å². The number of rotatable bonds is 6. The Morgan fingerprint density at radius 3 is 1.83 bits per heavy atom. The molecule has 4 heterocycles. The first kappa shape index (κ1) is 48.5. The second-order valence-corrected chi connectivity index (χ2v) is 21.7. The number of para-hydroxylation sites is 1. The number of fused-ring (bicyclic) bond motifs is 9. The fourth-order valence-corrected chi connectivity index (χ4v) is 10.0. The predicted octanol–water partition coefficient (Wildman–Crippen LogP) is 18.5. The Hall–Kier alpha value is -7.11. The molecule has 361 valence electrons. The van der Waals surface area contributed by atoms with Crippen molar-refractivity contribution in [3.63, 3.8) is 0 Å². The molecule has 0 saturated carbocycles. The van der Waals surface area contributed by atoms with Crippen LogP contribution in [0.5, 0.6) is 0 Å². The molecule has 0 amide bonds. The second kappa shape index (κ2) is 18.8. The van der Waals surface area contributed by atoms with Crippen LogP contribution in [-0.4, -0.2) is 14.5 Å². The van der Waals surface area contributed by atoms with Crippen molar-refractivity contribution in [3.8, 4) is 39.5 Å². The maximum Gasteiger partial charge on any atom is 0.136 e. The van der Waals surface area contributed by atoms with Gasteiger partial charge in [-0.15, -0.1) is 53.6 Å². The summed E-state index contributed by atoms with van der Waals surface area (Å²) in [6.45, 7) is 22.4. The van der Waals surface area contributed by atoms with Crippen molar-refractivity contribution in [1.29, 1.82) is 0 Å². The molecule has 4 aromatic heterocycles. The van der Waals surface area contributed by atoms with Crippen molar-refractivity contribution in [2.75, 3.05) is 0 Å². The third-order valence-corrected chi connectivity index (χ3v) is 14.0. The molecule has 0 aliphatic carbocycles. The summed E-state index contributed by atoms with van der Waals surface area (Å²) >= 11 is 0. The van der Waals surface area contributed by atoms with Crippen molar-refractivity contribution >= 4 is 65.7 Å². The maximum absolute atomic E-state index is 6.84. The number of pyridine rings is 1. The first-order valence-electron chi connectivity index (χ1n) is 24.9. The monoisotopic (exact) mass is 1120 g/mol. The van der Waals surface area contributed by atoms with Gasteiger partial charge >= 0.3 is 0 Å². The van der Waals surface area contributed by atoms with E-state index in [9.17, 15) is 0 Å². The van der Waals surface area contributed by atoms with Gasteiger partial charge in [-0.3, -0.25) is 4.98 Å². The Kier molecular flexibility index (Phi) is 12.7. The average molecular weight is 1120 g/mol. The summed E-state index contributed by atoms with van der Waals surface area (Å²) in [4.78, 5) is 10.0. The van der Waals surface area contributed by atoms with Crippen LogP contribution in [0.4, 0.5) is 0 Å². The summed E-state index contributed by atoms with van der Waals surface area (Å²) in [5, 5.41) is 6.49. The van der Waals surface area contributed by atoms with E-state index in [2.05, 4.69) is 224 Å². The van der Waals surface area contributed by atoms with Crippen LogP contribution in [0.25, 0.3) is 105 Å². The number of benzene rings is 8. The fourth-order valence-electron chi connectivity index (χ4n) is 10.0. The summed E-state index contributed by atoms with van der Waals surface area (Å²) in [6, 6.07) is 62.5. The van der Waals surface area contributed by atoms with Gasteiger partial charge in [0.2, 0.25) is 0 Å². The first-order valence-corrected chi connectivity index (χ1v) is 24.9. The van der Waals surface area contributed by atoms with Crippen molar-refractivity contribution in [2.24, 2.45) is 0 Å². The van der Waals surface area contributed by atoms with Gasteiger partial charge in [0.1, 0.15) is 16.7 Å². The molecule has 0 aliphatic rings. The van der Waals surface area contributed by atoms with Crippen molar-refractivity contribution in [3.05, 3.63) is 198 Å². The van der Waals surface area contributed by atoms with Crippen LogP contribution in [0.2, 0.25) is 0 Å². The van der Waals surface area contributed by atoms with Crippen LogP contribution in [0, 0.1) is 12.1 Å². The molecule has 12 rings (SSSR count). The van der Waals surface area contributed by atoms with Crippen molar-refractivity contribution in [2.45, 2.75) is 91.9 Å². The van der Waals surface area contributed by atoms with Gasteiger partial charge in [-0.1, -0.05) is 171 Å². The Bertz CT molecular complexity index is 3850. The summed E-state index contributed by atoms with van der Waals surface area (Å²) < 4.78 is 15.6. The van der Waals surface area contributed by atoms with Crippen LogP contribution in [0.1, 0.15) is 103 Å². The molecule has 5 nitrogen and oxygen atoms in total. The molecule has 0 fully saturated rings. The fraction of sp³-hybridized carbons (Fsp3) is 0.212. The average Bonchev–Trinajstić information content (AvgIpc) is 4.06. The number of furan rings is 2. The molecule has 0 spiro atoms. The molecule has 0 N–H and O–H groups in total. The van der Waals surface area contributed by atoms with Gasteiger partial charge in [-0.25, -0.2) is 0 Å². The number of hydrogen-bond donors (Lipinski definition) is 0. The largest absolute Gasteiger partial charge is 0.501 e. The standard InChI is InChI=1S/C47H35N2O2.C19H24N.Ir/c1-27(2)36-23-31(29-13-6-5-7-14-29)24-37(28(3)4)44(36)49-45-32-16-9-8-15-30(32)21-22-40(45)48-47(49)35-19-12-18-34-39-26-42-38(25-43(39)51-46(34)35)33-17-10-11-20-41(33)50-42;1-18(2,3)15-9-7-14(8-10-15)17-12-11-16(13-20-17)19(4,5)6;/h5-18,20-28H,1-4H3;7,9-13H,1-6H3;/q2*-1;. The van der Waals surface area contributed by atoms with E-state index in [0.29, 0.717) is 0 Å². The molecule has 0 bridgehead atoms. The van der Waals surface area contributed by atoms with E-state index < -0.39 is 0 Å². The molecule has 0 unspecified atom stereocenters. The quantitative estimate of drug-likeness (QED) is 0.156. The minimum absolute atomic E-state index is 0. The van der Waals surface area contributed by atoms with Gasteiger partial charge in [0.15, 0.2) is 0 Å². The Balaban J connectivity index is 0.000000240. The predicted molar refractivity (Wildman–Crippen MR) is 297 cm³/mol. The maximum atomic E-state index is 6.84. The first-order chi connectivity index (χ1) is 34.1. The third kappa shape index (κ3) is 8.75. The van der Waals surface area contributed by atoms with Crippen LogP contribution < -0.4 is 0 Å². The number of aromatic nitrogens is 3. The van der Waals surface area contributed by atoms with Gasteiger partial charge in [-0.05, 0) is 98.0 Å². The minimum atomic E-state index is 0. The molecular weight excluding hydrogens is 1060 g/mol. The molecule has 0 aliphatic heterocycles.